The standard InChI is InChI=1S/C9H5BrN4O/c10-7-3-6(4-11)1-2-8(7)14-5-12-13-9(14)15/h1-3,5H,(H,13,15). The highest BCUT2D eigenvalue weighted by Crippen LogP contribution is 2.20. The number of hydrogen-bond donors (Lipinski definition) is 1. The van der Waals surface area contributed by atoms with Gasteiger partial charge in [-0.1, -0.05) is 0 Å². The second-order valence-electron chi connectivity index (χ2n) is 2.81. The van der Waals surface area contributed by atoms with E-state index in [4.69, 9.17) is 5.26 Å². The number of H-pyrrole nitrogens is 1. The molecule has 0 saturated heterocycles. The van der Waals surface area contributed by atoms with E-state index in [1.807, 2.05) is 6.07 Å². The van der Waals surface area contributed by atoms with Gasteiger partial charge >= 0.3 is 5.69 Å². The summed E-state index contributed by atoms with van der Waals surface area (Å²) in [4.78, 5) is 11.3. The Bertz CT molecular complexity index is 593. The first kappa shape index (κ1) is 9.68. The van der Waals surface area contributed by atoms with Crippen molar-refractivity contribution in [3.63, 3.8) is 0 Å². The lowest BCUT2D eigenvalue weighted by atomic mass is 10.2. The van der Waals surface area contributed by atoms with Crippen LogP contribution in [0.2, 0.25) is 0 Å². The van der Waals surface area contributed by atoms with E-state index in [9.17, 15) is 4.79 Å². The van der Waals surface area contributed by atoms with Crippen LogP contribution in [0.5, 0.6) is 0 Å². The number of halogens is 1. The molecule has 5 nitrogen and oxygen atoms in total. The Morgan fingerprint density at radius 1 is 1.53 bits per heavy atom. The minimum atomic E-state index is -0.319. The quantitative estimate of drug-likeness (QED) is 0.841. The number of benzene rings is 1. The van der Waals surface area contributed by atoms with E-state index in [2.05, 4.69) is 26.1 Å². The molecule has 0 bridgehead atoms. The summed E-state index contributed by atoms with van der Waals surface area (Å²) in [5, 5.41) is 14.6. The molecule has 1 aromatic carbocycles. The molecule has 74 valence electrons. The molecular weight excluding hydrogens is 260 g/mol. The predicted octanol–water partition coefficient (Wildman–Crippen LogP) is 1.19. The molecule has 2 rings (SSSR count). The lowest BCUT2D eigenvalue weighted by Gasteiger charge is -2.02. The van der Waals surface area contributed by atoms with E-state index in [1.54, 1.807) is 18.2 Å². The number of aromatic nitrogens is 3. The van der Waals surface area contributed by atoms with Gasteiger partial charge in [-0.3, -0.25) is 0 Å². The second-order valence-corrected chi connectivity index (χ2v) is 3.66. The molecule has 0 saturated carbocycles. The molecule has 0 unspecified atom stereocenters. The van der Waals surface area contributed by atoms with Gasteiger partial charge in [-0.25, -0.2) is 14.5 Å². The summed E-state index contributed by atoms with van der Waals surface area (Å²) in [6, 6.07) is 6.98. The smallest absolute Gasteiger partial charge is 0.249 e. The van der Waals surface area contributed by atoms with Crippen molar-refractivity contribution in [3.8, 4) is 11.8 Å². The Hall–Kier alpha value is -1.87. The average Bonchev–Trinajstić information content (AvgIpc) is 2.64. The Kier molecular flexibility index (Phi) is 2.39. The van der Waals surface area contributed by atoms with Crippen LogP contribution in [0.3, 0.4) is 0 Å². The minimum absolute atomic E-state index is 0.319. The Morgan fingerprint density at radius 2 is 2.33 bits per heavy atom. The zero-order chi connectivity index (χ0) is 10.8. The molecule has 1 aromatic heterocycles. The second kappa shape index (κ2) is 3.71. The van der Waals surface area contributed by atoms with Gasteiger partial charge in [0.25, 0.3) is 0 Å². The summed E-state index contributed by atoms with van der Waals surface area (Å²) >= 11 is 3.29. The van der Waals surface area contributed by atoms with Crippen LogP contribution in [0.1, 0.15) is 5.56 Å². The van der Waals surface area contributed by atoms with Crippen molar-refractivity contribution in [2.75, 3.05) is 0 Å². The highest BCUT2D eigenvalue weighted by molar-refractivity contribution is 9.10. The van der Waals surface area contributed by atoms with Gasteiger partial charge in [-0.2, -0.15) is 10.4 Å². The maximum atomic E-state index is 11.3. The molecule has 15 heavy (non-hydrogen) atoms. The van der Waals surface area contributed by atoms with Crippen molar-refractivity contribution in [1.82, 2.24) is 14.8 Å². The first-order valence-corrected chi connectivity index (χ1v) is 4.83. The number of nitrogens with zero attached hydrogens (tertiary/aromatic N) is 3. The van der Waals surface area contributed by atoms with E-state index < -0.39 is 0 Å². The van der Waals surface area contributed by atoms with Crippen molar-refractivity contribution < 1.29 is 0 Å². The van der Waals surface area contributed by atoms with Gasteiger partial charge in [0.05, 0.1) is 17.3 Å². The SMILES string of the molecule is N#Cc1ccc(-n2cn[nH]c2=O)c(Br)c1. The first-order chi connectivity index (χ1) is 7.22. The third-order valence-corrected chi connectivity index (χ3v) is 2.52. The van der Waals surface area contributed by atoms with Crippen LogP contribution < -0.4 is 5.69 Å². The number of rotatable bonds is 1. The fourth-order valence-electron chi connectivity index (χ4n) is 1.19. The summed E-state index contributed by atoms with van der Waals surface area (Å²) in [6.45, 7) is 0. The Balaban J connectivity index is 2.61. The molecule has 0 amide bonds. The van der Waals surface area contributed by atoms with E-state index in [1.165, 1.54) is 10.9 Å². The molecule has 0 atom stereocenters. The summed E-state index contributed by atoms with van der Waals surface area (Å²) < 4.78 is 2.02. The van der Waals surface area contributed by atoms with Crippen LogP contribution in [-0.2, 0) is 0 Å². The highest BCUT2D eigenvalue weighted by Gasteiger charge is 2.06. The van der Waals surface area contributed by atoms with Gasteiger partial charge < -0.3 is 0 Å². The van der Waals surface area contributed by atoms with Crippen LogP contribution in [0.4, 0.5) is 0 Å². The minimum Gasteiger partial charge on any atom is -0.249 e. The summed E-state index contributed by atoms with van der Waals surface area (Å²) in [5.74, 6) is 0. The van der Waals surface area contributed by atoms with Gasteiger partial charge in [0.2, 0.25) is 0 Å². The molecular formula is C9H5BrN4O. The monoisotopic (exact) mass is 264 g/mol. The topological polar surface area (TPSA) is 74.5 Å². The molecule has 0 aliphatic carbocycles. The normalized spacial score (nSPS) is 9.87. The fourth-order valence-corrected chi connectivity index (χ4v) is 1.76. The number of nitrogens with one attached hydrogen (secondary N) is 1. The van der Waals surface area contributed by atoms with Crippen molar-refractivity contribution in [2.45, 2.75) is 0 Å². The van der Waals surface area contributed by atoms with Crippen molar-refractivity contribution in [2.24, 2.45) is 0 Å². The lowest BCUT2D eigenvalue weighted by Crippen LogP contribution is -2.14. The largest absolute Gasteiger partial charge is 0.347 e. The Morgan fingerprint density at radius 3 is 2.87 bits per heavy atom. The predicted molar refractivity (Wildman–Crippen MR) is 56.6 cm³/mol. The maximum Gasteiger partial charge on any atom is 0.347 e. The molecule has 0 aliphatic heterocycles. The average molecular weight is 265 g/mol. The summed E-state index contributed by atoms with van der Waals surface area (Å²) in [6.07, 6.45) is 1.38. The molecule has 0 aliphatic rings. The van der Waals surface area contributed by atoms with Gasteiger partial charge in [0, 0.05) is 4.47 Å². The lowest BCUT2D eigenvalue weighted by molar-refractivity contribution is 0.977. The van der Waals surface area contributed by atoms with Crippen LogP contribution in [0.15, 0.2) is 33.8 Å². The summed E-state index contributed by atoms with van der Waals surface area (Å²) in [7, 11) is 0. The maximum absolute atomic E-state index is 11.3. The van der Waals surface area contributed by atoms with Crippen LogP contribution >= 0.6 is 15.9 Å². The van der Waals surface area contributed by atoms with Crippen molar-refractivity contribution in [3.05, 3.63) is 45.0 Å². The molecule has 1 N–H and O–H groups in total. The van der Waals surface area contributed by atoms with Crippen molar-refractivity contribution in [1.29, 1.82) is 5.26 Å². The van der Waals surface area contributed by atoms with Crippen LogP contribution in [0.25, 0.3) is 5.69 Å². The number of nitriles is 1. The molecule has 6 heteroatoms. The van der Waals surface area contributed by atoms with E-state index in [-0.39, 0.29) is 5.69 Å². The molecule has 0 spiro atoms. The molecule has 2 aromatic rings. The highest BCUT2D eigenvalue weighted by atomic mass is 79.9. The van der Waals surface area contributed by atoms with Crippen LogP contribution in [-0.4, -0.2) is 14.8 Å². The summed E-state index contributed by atoms with van der Waals surface area (Å²) in [5.41, 5.74) is 0.857. The zero-order valence-electron chi connectivity index (χ0n) is 7.44. The number of hydrogen-bond acceptors (Lipinski definition) is 3. The van der Waals surface area contributed by atoms with Gasteiger partial charge in [-0.05, 0) is 34.1 Å². The third kappa shape index (κ3) is 1.69. The molecule has 1 heterocycles. The number of aromatic amines is 1. The van der Waals surface area contributed by atoms with E-state index in [0.29, 0.717) is 15.7 Å². The van der Waals surface area contributed by atoms with Gasteiger partial charge in [0.1, 0.15) is 6.33 Å². The van der Waals surface area contributed by atoms with Gasteiger partial charge in [-0.15, -0.1) is 0 Å². The van der Waals surface area contributed by atoms with E-state index in [0.717, 1.165) is 0 Å². The zero-order valence-corrected chi connectivity index (χ0v) is 9.02. The molecule has 0 radical (unpaired) electrons. The van der Waals surface area contributed by atoms with Crippen molar-refractivity contribution >= 4 is 15.9 Å². The molecule has 0 fully saturated rings. The fraction of sp³-hybridized carbons (Fsp3) is 0. The van der Waals surface area contributed by atoms with Crippen LogP contribution in [0, 0.1) is 11.3 Å². The van der Waals surface area contributed by atoms with E-state index >= 15 is 0 Å². The first-order valence-electron chi connectivity index (χ1n) is 4.04. The van der Waals surface area contributed by atoms with Gasteiger partial charge in [0.15, 0.2) is 0 Å². The third-order valence-electron chi connectivity index (χ3n) is 1.89. The Labute approximate surface area is 93.1 Å².